The summed E-state index contributed by atoms with van der Waals surface area (Å²) in [5.41, 5.74) is 7.78. The van der Waals surface area contributed by atoms with Gasteiger partial charge in [-0.05, 0) is 59.4 Å². The molecule has 0 spiro atoms. The normalized spacial score (nSPS) is 15.8. The van der Waals surface area contributed by atoms with Crippen LogP contribution in [-0.2, 0) is 17.6 Å². The molecule has 2 atom stereocenters. The van der Waals surface area contributed by atoms with E-state index in [1.807, 2.05) is 47.4 Å². The highest BCUT2D eigenvalue weighted by molar-refractivity contribution is 5.84. The molecule has 5 heteroatoms. The van der Waals surface area contributed by atoms with Crippen molar-refractivity contribution in [1.29, 1.82) is 0 Å². The lowest BCUT2D eigenvalue weighted by Crippen LogP contribution is -2.41. The van der Waals surface area contributed by atoms with Crippen LogP contribution in [0.1, 0.15) is 58.0 Å². The summed E-state index contributed by atoms with van der Waals surface area (Å²) in [4.78, 5) is 15.8. The first-order valence-corrected chi connectivity index (χ1v) is 13.1. The molecule has 1 aliphatic heterocycles. The van der Waals surface area contributed by atoms with E-state index in [0.29, 0.717) is 13.0 Å². The van der Waals surface area contributed by atoms with Crippen LogP contribution in [0.15, 0.2) is 102 Å². The van der Waals surface area contributed by atoms with Gasteiger partial charge in [0.25, 0.3) is 0 Å². The lowest BCUT2D eigenvalue weighted by Gasteiger charge is -2.38. The van der Waals surface area contributed by atoms with Crippen molar-refractivity contribution < 1.29 is 19.1 Å². The fraction of sp³-hybridized carbons (Fsp3) is 0.212. The molecule has 3 aromatic carbocycles. The minimum absolute atomic E-state index is 0.0392. The van der Waals surface area contributed by atoms with Gasteiger partial charge in [-0.1, -0.05) is 67.1 Å². The second kappa shape index (κ2) is 9.82. The predicted molar refractivity (Wildman–Crippen MR) is 146 cm³/mol. The standard InChI is InChI=1S/C33H31N2O3/c1-22-8-10-29-27(18-22)14-17-35(33(29)26-6-4-3-5-7-26)32(36)20-24-9-11-30-28(19-24)21-31(38-30)23(2)25-12-15-34(37)16-13-25/h3-13,15-16,18-19,21,23,33,37H,14,17,20H2,1-2H3/q+1. The number of pyridine rings is 1. The van der Waals surface area contributed by atoms with Gasteiger partial charge in [-0.25, -0.2) is 0 Å². The molecular weight excluding hydrogens is 472 g/mol. The molecule has 0 bridgehead atoms. The van der Waals surface area contributed by atoms with Crippen LogP contribution in [0.4, 0.5) is 0 Å². The number of carbonyl (C=O) groups is 1. The Hall–Kier alpha value is -4.38. The summed E-state index contributed by atoms with van der Waals surface area (Å²) >= 11 is 0. The van der Waals surface area contributed by atoms with Crippen molar-refractivity contribution in [1.82, 2.24) is 4.90 Å². The zero-order valence-electron chi connectivity index (χ0n) is 21.7. The maximum absolute atomic E-state index is 13.8. The van der Waals surface area contributed by atoms with Gasteiger partial charge in [-0.3, -0.25) is 10.0 Å². The molecule has 5 aromatic rings. The Balaban J connectivity index is 1.27. The van der Waals surface area contributed by atoms with E-state index in [1.165, 1.54) is 16.7 Å². The fourth-order valence-corrected chi connectivity index (χ4v) is 5.62. The van der Waals surface area contributed by atoms with Gasteiger partial charge in [-0.2, -0.15) is 0 Å². The Kier molecular flexibility index (Phi) is 6.20. The highest BCUT2D eigenvalue weighted by Gasteiger charge is 2.32. The van der Waals surface area contributed by atoms with E-state index in [2.05, 4.69) is 56.3 Å². The lowest BCUT2D eigenvalue weighted by atomic mass is 9.87. The van der Waals surface area contributed by atoms with E-state index in [1.54, 1.807) is 12.4 Å². The zero-order chi connectivity index (χ0) is 26.2. The van der Waals surface area contributed by atoms with Crippen LogP contribution in [0.5, 0.6) is 0 Å². The molecule has 2 aromatic heterocycles. The number of rotatable bonds is 5. The van der Waals surface area contributed by atoms with Gasteiger partial charge in [0, 0.05) is 34.7 Å². The van der Waals surface area contributed by atoms with Gasteiger partial charge in [0.2, 0.25) is 18.3 Å². The van der Waals surface area contributed by atoms with E-state index >= 15 is 0 Å². The van der Waals surface area contributed by atoms with Gasteiger partial charge >= 0.3 is 0 Å². The number of aryl methyl sites for hydroxylation is 1. The summed E-state index contributed by atoms with van der Waals surface area (Å²) in [6.45, 7) is 4.91. The monoisotopic (exact) mass is 503 g/mol. The average Bonchev–Trinajstić information content (AvgIpc) is 3.36. The van der Waals surface area contributed by atoms with Crippen molar-refractivity contribution >= 4 is 16.9 Å². The first-order chi connectivity index (χ1) is 18.5. The van der Waals surface area contributed by atoms with Crippen molar-refractivity contribution in [2.45, 2.75) is 38.6 Å². The zero-order valence-corrected chi connectivity index (χ0v) is 21.7. The topological polar surface area (TPSA) is 57.6 Å². The first kappa shape index (κ1) is 24.0. The minimum atomic E-state index is -0.0818. The molecular formula is C33H31N2O3+. The Morgan fingerprint density at radius 1 is 1.03 bits per heavy atom. The summed E-state index contributed by atoms with van der Waals surface area (Å²) in [6, 6.07) is 28.7. The second-order valence-electron chi connectivity index (χ2n) is 10.3. The van der Waals surface area contributed by atoms with E-state index in [0.717, 1.165) is 44.6 Å². The van der Waals surface area contributed by atoms with E-state index in [4.69, 9.17) is 4.42 Å². The maximum atomic E-state index is 13.8. The molecule has 3 heterocycles. The number of carbonyl (C=O) groups excluding carboxylic acids is 1. The number of furan rings is 1. The second-order valence-corrected chi connectivity index (χ2v) is 10.3. The molecule has 1 aliphatic rings. The highest BCUT2D eigenvalue weighted by Crippen LogP contribution is 2.36. The molecule has 0 saturated carbocycles. The summed E-state index contributed by atoms with van der Waals surface area (Å²) in [6.07, 6.45) is 4.43. The average molecular weight is 504 g/mol. The van der Waals surface area contributed by atoms with Crippen molar-refractivity contribution in [3.8, 4) is 0 Å². The predicted octanol–water partition coefficient (Wildman–Crippen LogP) is 6.13. The van der Waals surface area contributed by atoms with Crippen LogP contribution < -0.4 is 4.73 Å². The number of benzene rings is 3. The van der Waals surface area contributed by atoms with Crippen LogP contribution in [-0.4, -0.2) is 22.6 Å². The van der Waals surface area contributed by atoms with Crippen LogP contribution in [0.25, 0.3) is 11.0 Å². The highest BCUT2D eigenvalue weighted by atomic mass is 16.5. The summed E-state index contributed by atoms with van der Waals surface area (Å²) < 4.78 is 7.18. The molecule has 190 valence electrons. The number of hydrogen-bond donors (Lipinski definition) is 1. The third-order valence-electron chi connectivity index (χ3n) is 7.68. The van der Waals surface area contributed by atoms with Gasteiger partial charge in [0.05, 0.1) is 12.5 Å². The van der Waals surface area contributed by atoms with Gasteiger partial charge in [-0.15, -0.1) is 0 Å². The Morgan fingerprint density at radius 2 is 1.82 bits per heavy atom. The van der Waals surface area contributed by atoms with E-state index in [-0.39, 0.29) is 17.9 Å². The lowest BCUT2D eigenvalue weighted by molar-refractivity contribution is -0.904. The number of fused-ring (bicyclic) bond motifs is 2. The largest absolute Gasteiger partial charge is 0.460 e. The first-order valence-electron chi connectivity index (χ1n) is 13.1. The number of amides is 1. The quantitative estimate of drug-likeness (QED) is 0.232. The summed E-state index contributed by atoms with van der Waals surface area (Å²) in [5, 5.41) is 10.5. The van der Waals surface area contributed by atoms with E-state index in [9.17, 15) is 10.0 Å². The molecule has 6 rings (SSSR count). The van der Waals surface area contributed by atoms with Crippen LogP contribution >= 0.6 is 0 Å². The Labute approximate surface area is 222 Å². The smallest absolute Gasteiger partial charge is 0.227 e. The molecule has 0 aliphatic carbocycles. The van der Waals surface area contributed by atoms with Gasteiger partial charge < -0.3 is 9.32 Å². The Bertz CT molecular complexity index is 1610. The summed E-state index contributed by atoms with van der Waals surface area (Å²) in [5.74, 6) is 1.02. The SMILES string of the molecule is Cc1ccc2c(c1)CCN(C(=O)Cc1ccc3oc(C(C)c4cc[n+](O)cc4)cc3c1)C2c1ccccc1. The number of nitrogens with zero attached hydrogens (tertiary/aromatic N) is 2. The molecule has 2 unspecified atom stereocenters. The van der Waals surface area contributed by atoms with Crippen LogP contribution in [0, 0.1) is 6.92 Å². The fourth-order valence-electron chi connectivity index (χ4n) is 5.62. The molecule has 0 fully saturated rings. The maximum Gasteiger partial charge on any atom is 0.227 e. The van der Waals surface area contributed by atoms with Crippen LogP contribution in [0.3, 0.4) is 0 Å². The Morgan fingerprint density at radius 3 is 2.61 bits per heavy atom. The third-order valence-corrected chi connectivity index (χ3v) is 7.68. The van der Waals surface area contributed by atoms with Gasteiger partial charge in [0.15, 0.2) is 0 Å². The van der Waals surface area contributed by atoms with Crippen molar-refractivity contribution in [2.75, 3.05) is 6.54 Å². The number of aromatic nitrogens is 1. The molecule has 0 radical (unpaired) electrons. The van der Waals surface area contributed by atoms with Crippen LogP contribution in [0.2, 0.25) is 0 Å². The molecule has 1 N–H and O–H groups in total. The summed E-state index contributed by atoms with van der Waals surface area (Å²) in [7, 11) is 0. The molecule has 38 heavy (non-hydrogen) atoms. The third kappa shape index (κ3) is 4.56. The molecule has 0 saturated heterocycles. The van der Waals surface area contributed by atoms with E-state index < -0.39 is 0 Å². The number of hydrogen-bond acceptors (Lipinski definition) is 3. The van der Waals surface area contributed by atoms with Crippen molar-refractivity contribution in [2.24, 2.45) is 0 Å². The van der Waals surface area contributed by atoms with Crippen molar-refractivity contribution in [3.63, 3.8) is 0 Å². The minimum Gasteiger partial charge on any atom is -0.460 e. The molecule has 1 amide bonds. The van der Waals surface area contributed by atoms with Gasteiger partial charge in [0.1, 0.15) is 11.3 Å². The molecule has 5 nitrogen and oxygen atoms in total. The van der Waals surface area contributed by atoms with Crippen molar-refractivity contribution in [3.05, 3.63) is 136 Å².